The molecule has 2 unspecified atom stereocenters. The van der Waals surface area contributed by atoms with Gasteiger partial charge in [0.15, 0.2) is 0 Å². The van der Waals surface area contributed by atoms with Crippen LogP contribution in [0.25, 0.3) is 0 Å². The molecule has 5 nitrogen and oxygen atoms in total. The lowest BCUT2D eigenvalue weighted by Crippen LogP contribution is -2.45. The molecule has 0 spiro atoms. The highest BCUT2D eigenvalue weighted by Gasteiger charge is 2.17. The summed E-state index contributed by atoms with van der Waals surface area (Å²) in [6, 6.07) is 8.43. The van der Waals surface area contributed by atoms with Crippen LogP contribution in [-0.4, -0.2) is 54.5 Å². The van der Waals surface area contributed by atoms with Crippen LogP contribution in [0.3, 0.4) is 0 Å². The molecule has 0 aromatic heterocycles. The lowest BCUT2D eigenvalue weighted by atomic mass is 10.0. The molecular weight excluding hydrogens is 300 g/mol. The molecule has 0 bridgehead atoms. The van der Waals surface area contributed by atoms with E-state index >= 15 is 0 Å². The molecule has 1 aliphatic heterocycles. The van der Waals surface area contributed by atoms with E-state index in [1.165, 1.54) is 18.7 Å². The number of piperazine rings is 1. The van der Waals surface area contributed by atoms with Crippen molar-refractivity contribution in [2.45, 2.75) is 39.9 Å². The normalized spacial score (nSPS) is 19.0. The molecule has 1 saturated heterocycles. The molecule has 24 heavy (non-hydrogen) atoms. The van der Waals surface area contributed by atoms with Gasteiger partial charge >= 0.3 is 0 Å². The summed E-state index contributed by atoms with van der Waals surface area (Å²) in [5.41, 5.74) is 8.22. The van der Waals surface area contributed by atoms with E-state index in [1.807, 2.05) is 13.8 Å². The molecule has 0 saturated carbocycles. The first-order valence-electron chi connectivity index (χ1n) is 9.05. The predicted molar refractivity (Wildman–Crippen MR) is 98.5 cm³/mol. The Hall–Kier alpha value is -1.43. The largest absolute Gasteiger partial charge is 0.352 e. The number of amides is 1. The van der Waals surface area contributed by atoms with Gasteiger partial charge < -0.3 is 16.0 Å². The predicted octanol–water partition coefficient (Wildman–Crippen LogP) is 1.42. The monoisotopic (exact) mass is 332 g/mol. The second-order valence-electron chi connectivity index (χ2n) is 6.89. The number of likely N-dealkylation sites (N-methyl/N-ethyl adjacent to an activating group) is 1. The van der Waals surface area contributed by atoms with Gasteiger partial charge in [-0.1, -0.05) is 38.1 Å². The number of benzene rings is 1. The number of carbonyl (C=O) groups excluding carboxylic acids is 1. The van der Waals surface area contributed by atoms with E-state index in [0.29, 0.717) is 6.54 Å². The van der Waals surface area contributed by atoms with Crippen molar-refractivity contribution in [2.75, 3.05) is 32.7 Å². The fourth-order valence-corrected chi connectivity index (χ4v) is 2.87. The first-order chi connectivity index (χ1) is 11.5. The third-order valence-corrected chi connectivity index (χ3v) is 5.01. The van der Waals surface area contributed by atoms with Crippen LogP contribution >= 0.6 is 0 Å². The van der Waals surface area contributed by atoms with Gasteiger partial charge in [0, 0.05) is 51.2 Å². The molecule has 0 aliphatic carbocycles. The lowest BCUT2D eigenvalue weighted by molar-refractivity contribution is -0.125. The van der Waals surface area contributed by atoms with Crippen LogP contribution < -0.4 is 11.1 Å². The quantitative estimate of drug-likeness (QED) is 0.793. The second-order valence-corrected chi connectivity index (χ2v) is 6.89. The third kappa shape index (κ3) is 5.58. The maximum absolute atomic E-state index is 11.9. The van der Waals surface area contributed by atoms with Crippen LogP contribution in [0.1, 0.15) is 31.9 Å². The van der Waals surface area contributed by atoms with Crippen molar-refractivity contribution in [3.63, 3.8) is 0 Å². The molecule has 0 radical (unpaired) electrons. The SMILES string of the molecule is CCN1CCN(Cc2ccc(CNC(=O)C(C)C(C)N)cc2)CC1. The smallest absolute Gasteiger partial charge is 0.224 e. The Morgan fingerprint density at radius 2 is 1.62 bits per heavy atom. The van der Waals surface area contributed by atoms with E-state index in [9.17, 15) is 4.79 Å². The number of hydrogen-bond donors (Lipinski definition) is 2. The third-order valence-electron chi connectivity index (χ3n) is 5.01. The number of nitrogens with two attached hydrogens (primary N) is 1. The minimum absolute atomic E-state index is 0.0165. The topological polar surface area (TPSA) is 61.6 Å². The van der Waals surface area contributed by atoms with E-state index in [4.69, 9.17) is 5.73 Å². The van der Waals surface area contributed by atoms with Crippen molar-refractivity contribution < 1.29 is 4.79 Å². The number of nitrogens with one attached hydrogen (secondary N) is 1. The number of nitrogens with zero attached hydrogens (tertiary/aromatic N) is 2. The fourth-order valence-electron chi connectivity index (χ4n) is 2.87. The van der Waals surface area contributed by atoms with Crippen LogP contribution in [0.2, 0.25) is 0 Å². The zero-order valence-electron chi connectivity index (χ0n) is 15.3. The first-order valence-corrected chi connectivity index (χ1v) is 9.05. The molecule has 1 amide bonds. The van der Waals surface area contributed by atoms with E-state index in [2.05, 4.69) is 46.3 Å². The summed E-state index contributed by atoms with van der Waals surface area (Å²) >= 11 is 0. The Morgan fingerprint density at radius 3 is 2.17 bits per heavy atom. The molecule has 134 valence electrons. The van der Waals surface area contributed by atoms with Crippen molar-refractivity contribution in [2.24, 2.45) is 11.7 Å². The minimum atomic E-state index is -0.161. The summed E-state index contributed by atoms with van der Waals surface area (Å²) in [5, 5.41) is 2.96. The lowest BCUT2D eigenvalue weighted by Gasteiger charge is -2.34. The van der Waals surface area contributed by atoms with E-state index in [0.717, 1.165) is 31.7 Å². The average molecular weight is 332 g/mol. The molecule has 2 rings (SSSR count). The zero-order chi connectivity index (χ0) is 17.5. The fraction of sp³-hybridized carbons (Fsp3) is 0.632. The van der Waals surface area contributed by atoms with Gasteiger partial charge in [0.05, 0.1) is 0 Å². The summed E-state index contributed by atoms with van der Waals surface area (Å²) in [6.45, 7) is 13.3. The van der Waals surface area contributed by atoms with Crippen LogP contribution in [0.15, 0.2) is 24.3 Å². The Morgan fingerprint density at radius 1 is 1.08 bits per heavy atom. The summed E-state index contributed by atoms with van der Waals surface area (Å²) in [6.07, 6.45) is 0. The Kier molecular flexibility index (Phi) is 7.21. The van der Waals surface area contributed by atoms with E-state index in [1.54, 1.807) is 0 Å². The van der Waals surface area contributed by atoms with Gasteiger partial charge in [-0.25, -0.2) is 0 Å². The Bertz CT molecular complexity index is 507. The van der Waals surface area contributed by atoms with Gasteiger partial charge in [-0.05, 0) is 24.6 Å². The van der Waals surface area contributed by atoms with Crippen molar-refractivity contribution in [3.05, 3.63) is 35.4 Å². The van der Waals surface area contributed by atoms with Crippen LogP contribution in [0.5, 0.6) is 0 Å². The van der Waals surface area contributed by atoms with Crippen molar-refractivity contribution in [3.8, 4) is 0 Å². The van der Waals surface area contributed by atoms with E-state index in [-0.39, 0.29) is 17.9 Å². The molecule has 1 aromatic rings. The maximum atomic E-state index is 11.9. The zero-order valence-corrected chi connectivity index (χ0v) is 15.3. The van der Waals surface area contributed by atoms with Crippen LogP contribution in [-0.2, 0) is 17.9 Å². The van der Waals surface area contributed by atoms with Crippen molar-refractivity contribution in [1.29, 1.82) is 0 Å². The summed E-state index contributed by atoms with van der Waals surface area (Å²) in [4.78, 5) is 16.9. The molecular formula is C19H32N4O. The van der Waals surface area contributed by atoms with Gasteiger partial charge in [0.2, 0.25) is 5.91 Å². The first kappa shape index (κ1) is 18.9. The molecule has 2 atom stereocenters. The number of carbonyl (C=O) groups is 1. The number of hydrogen-bond acceptors (Lipinski definition) is 4. The van der Waals surface area contributed by atoms with Gasteiger partial charge in [-0.3, -0.25) is 9.69 Å². The van der Waals surface area contributed by atoms with Gasteiger partial charge in [0.1, 0.15) is 0 Å². The molecule has 1 aliphatic rings. The highest BCUT2D eigenvalue weighted by molar-refractivity contribution is 5.78. The van der Waals surface area contributed by atoms with Crippen LogP contribution in [0, 0.1) is 5.92 Å². The molecule has 5 heteroatoms. The average Bonchev–Trinajstić information content (AvgIpc) is 2.60. The highest BCUT2D eigenvalue weighted by atomic mass is 16.1. The molecule has 1 heterocycles. The summed E-state index contributed by atoms with van der Waals surface area (Å²) < 4.78 is 0. The second kappa shape index (κ2) is 9.16. The maximum Gasteiger partial charge on any atom is 0.224 e. The van der Waals surface area contributed by atoms with Crippen molar-refractivity contribution >= 4 is 5.91 Å². The van der Waals surface area contributed by atoms with Gasteiger partial charge in [-0.2, -0.15) is 0 Å². The summed E-state index contributed by atoms with van der Waals surface area (Å²) in [7, 11) is 0. The Labute approximate surface area is 146 Å². The molecule has 3 N–H and O–H groups in total. The van der Waals surface area contributed by atoms with Crippen molar-refractivity contribution in [1.82, 2.24) is 15.1 Å². The van der Waals surface area contributed by atoms with Crippen LogP contribution in [0.4, 0.5) is 0 Å². The standard InChI is InChI=1S/C19H32N4O/c1-4-22-9-11-23(12-10-22)14-18-7-5-17(6-8-18)13-21-19(24)15(2)16(3)20/h5-8,15-16H,4,9-14,20H2,1-3H3,(H,21,24). The van der Waals surface area contributed by atoms with Gasteiger partial charge in [0.25, 0.3) is 0 Å². The molecule has 1 fully saturated rings. The molecule has 1 aromatic carbocycles. The van der Waals surface area contributed by atoms with E-state index < -0.39 is 0 Å². The summed E-state index contributed by atoms with van der Waals surface area (Å²) in [5.74, 6) is -0.145. The highest BCUT2D eigenvalue weighted by Crippen LogP contribution is 2.10. The van der Waals surface area contributed by atoms with Gasteiger partial charge in [-0.15, -0.1) is 0 Å². The number of rotatable bonds is 7. The Balaban J connectivity index is 1.78. The minimum Gasteiger partial charge on any atom is -0.352 e.